The fourth-order valence-corrected chi connectivity index (χ4v) is 5.45. The Morgan fingerprint density at radius 1 is 1.26 bits per heavy atom. The van der Waals surface area contributed by atoms with E-state index in [1.165, 1.54) is 24.3 Å². The Bertz CT molecular complexity index is 1010. The Balaban J connectivity index is 1.61. The predicted octanol–water partition coefficient (Wildman–Crippen LogP) is 3.88. The molecule has 2 bridgehead atoms. The molecular weight excluding hydrogens is 420 g/mol. The van der Waals surface area contributed by atoms with Gasteiger partial charge in [-0.2, -0.15) is 0 Å². The minimum Gasteiger partial charge on any atom is -0.481 e. The van der Waals surface area contributed by atoms with E-state index in [4.69, 9.17) is 5.11 Å². The molecule has 1 aromatic carbocycles. The number of aliphatic carboxylic acids is 1. The minimum absolute atomic E-state index is 0.0963. The van der Waals surface area contributed by atoms with Crippen molar-refractivity contribution in [1.29, 1.82) is 0 Å². The highest BCUT2D eigenvalue weighted by Gasteiger charge is 2.44. The number of nitrogens with one attached hydrogen (secondary N) is 1. The summed E-state index contributed by atoms with van der Waals surface area (Å²) in [6.07, 6.45) is 12.6. The summed E-state index contributed by atoms with van der Waals surface area (Å²) in [6, 6.07) is 5.59. The van der Waals surface area contributed by atoms with E-state index in [9.17, 15) is 23.3 Å². The molecule has 166 valence electrons. The van der Waals surface area contributed by atoms with E-state index in [2.05, 4.69) is 16.9 Å². The Morgan fingerprint density at radius 3 is 2.77 bits per heavy atom. The highest BCUT2D eigenvalue weighted by molar-refractivity contribution is 7.92. The van der Waals surface area contributed by atoms with E-state index < -0.39 is 20.9 Å². The zero-order valence-electron chi connectivity index (χ0n) is 17.0. The van der Waals surface area contributed by atoms with Gasteiger partial charge in [0.25, 0.3) is 5.69 Å². The first kappa shape index (κ1) is 22.9. The third kappa shape index (κ3) is 6.35. The van der Waals surface area contributed by atoms with Crippen molar-refractivity contribution in [2.45, 2.75) is 38.1 Å². The van der Waals surface area contributed by atoms with Gasteiger partial charge in [0.15, 0.2) is 0 Å². The molecule has 8 nitrogen and oxygen atoms in total. The van der Waals surface area contributed by atoms with Gasteiger partial charge in [0.05, 0.1) is 4.92 Å². The molecule has 31 heavy (non-hydrogen) atoms. The number of nitrogens with zero attached hydrogens (tertiary/aromatic N) is 1. The number of non-ortho nitro benzene ring substituents is 1. The van der Waals surface area contributed by atoms with Crippen molar-refractivity contribution in [2.75, 3.05) is 0 Å². The van der Waals surface area contributed by atoms with Crippen LogP contribution in [0, 0.1) is 27.9 Å². The molecular formula is C22H26N2O6S. The molecule has 2 aliphatic rings. The lowest BCUT2D eigenvalue weighted by atomic mass is 9.86. The molecule has 3 rings (SSSR count). The fourth-order valence-electron chi connectivity index (χ4n) is 4.30. The molecule has 1 aromatic rings. The van der Waals surface area contributed by atoms with Crippen molar-refractivity contribution in [2.24, 2.45) is 17.8 Å². The summed E-state index contributed by atoms with van der Waals surface area (Å²) in [4.78, 5) is 20.9. The highest BCUT2D eigenvalue weighted by atomic mass is 32.2. The summed E-state index contributed by atoms with van der Waals surface area (Å²) in [5, 5.41) is 20.6. The molecule has 0 saturated heterocycles. The van der Waals surface area contributed by atoms with Crippen molar-refractivity contribution in [3.63, 3.8) is 0 Å². The standard InChI is InChI=1S/C22H26N2O6S/c25-21(26)9-4-2-1-3-8-20-17-10-11-18(15-17)22(20)23-31(29,30)13-12-16-6-5-7-19(14-16)24(27)28/h1,3,5-7,10-14,17-18,20,22-23H,2,4,8-9,15H2,(H,25,26). The van der Waals surface area contributed by atoms with Gasteiger partial charge in [0.2, 0.25) is 10.0 Å². The summed E-state index contributed by atoms with van der Waals surface area (Å²) in [6.45, 7) is 0. The molecule has 1 saturated carbocycles. The maximum absolute atomic E-state index is 12.7. The van der Waals surface area contributed by atoms with E-state index in [1.807, 2.05) is 12.2 Å². The van der Waals surface area contributed by atoms with E-state index in [0.29, 0.717) is 24.3 Å². The first-order chi connectivity index (χ1) is 14.7. The summed E-state index contributed by atoms with van der Waals surface area (Å²) < 4.78 is 28.1. The molecule has 0 radical (unpaired) electrons. The van der Waals surface area contributed by atoms with Gasteiger partial charge in [-0.25, -0.2) is 13.1 Å². The van der Waals surface area contributed by atoms with Crippen molar-refractivity contribution >= 4 is 27.8 Å². The summed E-state index contributed by atoms with van der Waals surface area (Å²) >= 11 is 0. The van der Waals surface area contributed by atoms with Crippen LogP contribution in [0.2, 0.25) is 0 Å². The molecule has 2 N–H and O–H groups in total. The van der Waals surface area contributed by atoms with Crippen LogP contribution in [0.3, 0.4) is 0 Å². The highest BCUT2D eigenvalue weighted by Crippen LogP contribution is 2.45. The van der Waals surface area contributed by atoms with Crippen LogP contribution in [0.25, 0.3) is 6.08 Å². The third-order valence-corrected chi connectivity index (χ3v) is 6.87. The number of unbranched alkanes of at least 4 members (excludes halogenated alkanes) is 1. The molecule has 9 heteroatoms. The average Bonchev–Trinajstić information content (AvgIpc) is 3.31. The van der Waals surface area contributed by atoms with E-state index in [0.717, 1.165) is 18.2 Å². The van der Waals surface area contributed by atoms with E-state index >= 15 is 0 Å². The Morgan fingerprint density at radius 2 is 2.03 bits per heavy atom. The number of nitro groups is 1. The number of rotatable bonds is 11. The van der Waals surface area contributed by atoms with Gasteiger partial charge in [-0.1, -0.05) is 36.4 Å². The molecule has 0 heterocycles. The largest absolute Gasteiger partial charge is 0.481 e. The van der Waals surface area contributed by atoms with Gasteiger partial charge in [0.1, 0.15) is 0 Å². The van der Waals surface area contributed by atoms with E-state index in [1.54, 1.807) is 6.07 Å². The van der Waals surface area contributed by atoms with Gasteiger partial charge in [-0.05, 0) is 55.1 Å². The summed E-state index contributed by atoms with van der Waals surface area (Å²) in [5.74, 6) is -0.190. The normalized spacial score (nSPS) is 25.0. The molecule has 4 atom stereocenters. The van der Waals surface area contributed by atoms with Crippen molar-refractivity contribution in [3.8, 4) is 0 Å². The second-order valence-electron chi connectivity index (χ2n) is 7.95. The summed E-state index contributed by atoms with van der Waals surface area (Å²) in [7, 11) is -3.72. The number of hydrogen-bond donors (Lipinski definition) is 2. The Hall–Kier alpha value is -2.78. The monoisotopic (exact) mass is 446 g/mol. The van der Waals surface area contributed by atoms with E-state index in [-0.39, 0.29) is 30.0 Å². The van der Waals surface area contributed by atoms with Crippen LogP contribution in [0.5, 0.6) is 0 Å². The Labute approximate surface area is 181 Å². The van der Waals surface area contributed by atoms with Crippen LogP contribution < -0.4 is 4.72 Å². The lowest BCUT2D eigenvalue weighted by Crippen LogP contribution is -2.41. The first-order valence-corrected chi connectivity index (χ1v) is 11.8. The molecule has 0 spiro atoms. The summed E-state index contributed by atoms with van der Waals surface area (Å²) in [5.41, 5.74) is 0.342. The fraction of sp³-hybridized carbons (Fsp3) is 0.409. The number of benzene rings is 1. The second-order valence-corrected chi connectivity index (χ2v) is 9.55. The van der Waals surface area contributed by atoms with Gasteiger partial charge in [0, 0.05) is 30.0 Å². The lowest BCUT2D eigenvalue weighted by Gasteiger charge is -2.27. The van der Waals surface area contributed by atoms with Crippen LogP contribution >= 0.6 is 0 Å². The smallest absolute Gasteiger partial charge is 0.303 e. The van der Waals surface area contributed by atoms with Crippen molar-refractivity contribution < 1.29 is 23.2 Å². The molecule has 1 fully saturated rings. The maximum atomic E-state index is 12.7. The number of hydrogen-bond acceptors (Lipinski definition) is 5. The average molecular weight is 447 g/mol. The van der Waals surface area contributed by atoms with Crippen LogP contribution in [0.1, 0.15) is 37.7 Å². The molecule has 0 amide bonds. The van der Waals surface area contributed by atoms with Crippen LogP contribution in [-0.2, 0) is 14.8 Å². The van der Waals surface area contributed by atoms with Gasteiger partial charge >= 0.3 is 5.97 Å². The topological polar surface area (TPSA) is 127 Å². The van der Waals surface area contributed by atoms with Crippen LogP contribution in [0.15, 0.2) is 54.0 Å². The molecule has 0 aromatic heterocycles. The van der Waals surface area contributed by atoms with Crippen molar-refractivity contribution in [1.82, 2.24) is 4.72 Å². The number of carboxylic acid groups (broad SMARTS) is 1. The maximum Gasteiger partial charge on any atom is 0.303 e. The zero-order valence-corrected chi connectivity index (χ0v) is 17.8. The SMILES string of the molecule is O=C(O)CCCC=CCC1C2C=CC(C2)C1NS(=O)(=O)C=Cc1cccc([N+](=O)[O-])c1. The number of nitro benzene ring substituents is 1. The second kappa shape index (κ2) is 10.0. The molecule has 4 unspecified atom stereocenters. The zero-order chi connectivity index (χ0) is 22.4. The lowest BCUT2D eigenvalue weighted by molar-refractivity contribution is -0.384. The third-order valence-electron chi connectivity index (χ3n) is 5.78. The van der Waals surface area contributed by atoms with Crippen LogP contribution in [0.4, 0.5) is 5.69 Å². The molecule has 0 aliphatic heterocycles. The Kier molecular flexibility index (Phi) is 7.40. The van der Waals surface area contributed by atoms with Crippen molar-refractivity contribution in [3.05, 3.63) is 69.7 Å². The quantitative estimate of drug-likeness (QED) is 0.230. The van der Waals surface area contributed by atoms with Gasteiger partial charge in [-0.3, -0.25) is 14.9 Å². The van der Waals surface area contributed by atoms with Gasteiger partial charge in [-0.15, -0.1) is 0 Å². The predicted molar refractivity (Wildman–Crippen MR) is 117 cm³/mol. The number of fused-ring (bicyclic) bond motifs is 2. The van der Waals surface area contributed by atoms with Gasteiger partial charge < -0.3 is 5.11 Å². The molecule has 2 aliphatic carbocycles. The number of carboxylic acids is 1. The van der Waals surface area contributed by atoms with Crippen LogP contribution in [-0.4, -0.2) is 30.5 Å². The number of sulfonamides is 1. The number of allylic oxidation sites excluding steroid dienone is 3. The first-order valence-electron chi connectivity index (χ1n) is 10.2. The minimum atomic E-state index is -3.72. The number of carbonyl (C=O) groups is 1.